The third kappa shape index (κ3) is 8.04. The predicted molar refractivity (Wildman–Crippen MR) is 228 cm³/mol. The van der Waals surface area contributed by atoms with E-state index in [1.165, 1.54) is 19.3 Å². The summed E-state index contributed by atoms with van der Waals surface area (Å²) in [5.74, 6) is -2.02. The van der Waals surface area contributed by atoms with E-state index in [9.17, 15) is 27.6 Å². The quantitative estimate of drug-likeness (QED) is 0.191. The van der Waals surface area contributed by atoms with Gasteiger partial charge in [-0.25, -0.2) is 8.42 Å². The lowest BCUT2D eigenvalue weighted by Crippen LogP contribution is -2.62. The van der Waals surface area contributed by atoms with Crippen LogP contribution in [0.5, 0.6) is 0 Å². The van der Waals surface area contributed by atoms with Crippen molar-refractivity contribution in [2.24, 2.45) is 39.4 Å². The second-order valence-electron chi connectivity index (χ2n) is 22.2. The molecule has 0 aromatic heterocycles. The fourth-order valence-corrected chi connectivity index (χ4v) is 14.1. The van der Waals surface area contributed by atoms with Crippen LogP contribution in [0.1, 0.15) is 163 Å². The van der Waals surface area contributed by atoms with Crippen molar-refractivity contribution in [3.63, 3.8) is 0 Å². The molecule has 0 aromatic rings. The molecule has 0 bridgehead atoms. The Morgan fingerprint density at radius 2 is 1.42 bits per heavy atom. The lowest BCUT2D eigenvalue weighted by atomic mass is 9.73. The first-order valence-corrected chi connectivity index (χ1v) is 25.4. The van der Waals surface area contributed by atoms with Crippen LogP contribution in [-0.2, 0) is 34.0 Å². The van der Waals surface area contributed by atoms with Crippen LogP contribution in [0.15, 0.2) is 0 Å². The second-order valence-corrected chi connectivity index (χ2v) is 24.2. The van der Waals surface area contributed by atoms with Gasteiger partial charge in [-0.1, -0.05) is 86.0 Å². The van der Waals surface area contributed by atoms with Gasteiger partial charge in [0.05, 0.1) is 11.2 Å². The highest BCUT2D eigenvalue weighted by Crippen LogP contribution is 2.88. The molecule has 4 N–H and O–H groups in total. The molecule has 0 aromatic carbocycles. The fourth-order valence-electron chi connectivity index (χ4n) is 12.8. The summed E-state index contributed by atoms with van der Waals surface area (Å²) in [5, 5.41) is 8.81. The fraction of sp³-hybridized carbons (Fsp3) is 0.891. The highest BCUT2D eigenvalue weighted by molar-refractivity contribution is 7.90. The van der Waals surface area contributed by atoms with Crippen molar-refractivity contribution < 1.29 is 32.4 Å². The SMILES string of the molecule is CC(C)(C)[C@H](NC(=O)[C@@H]1CCCN(C2CCC2)C1)C(=O)N[C@H](C(=O)N1C[C@]2(C[C@H]1C(=O)N[C@H](CC1CCC1)C(=O)NS(=O)(=O)C1CC1)C(C)(C)C21CCC1)C1CCCCC1. The lowest BCUT2D eigenvalue weighted by Gasteiger charge is -2.42. The molecule has 8 fully saturated rings. The smallest absolute Gasteiger partial charge is 0.256 e. The van der Waals surface area contributed by atoms with Crippen LogP contribution >= 0.6 is 0 Å². The molecule has 336 valence electrons. The van der Waals surface area contributed by atoms with E-state index in [1.54, 1.807) is 4.90 Å². The molecule has 0 unspecified atom stereocenters. The van der Waals surface area contributed by atoms with Crippen LogP contribution in [0.25, 0.3) is 0 Å². The molecule has 2 heterocycles. The molecule has 60 heavy (non-hydrogen) atoms. The van der Waals surface area contributed by atoms with Crippen molar-refractivity contribution in [3.8, 4) is 0 Å². The summed E-state index contributed by atoms with van der Waals surface area (Å²) in [4.78, 5) is 76.7. The van der Waals surface area contributed by atoms with E-state index in [1.807, 2.05) is 20.8 Å². The molecule has 6 saturated carbocycles. The van der Waals surface area contributed by atoms with Crippen LogP contribution in [0, 0.1) is 39.4 Å². The normalized spacial score (nSPS) is 30.9. The van der Waals surface area contributed by atoms with Crippen molar-refractivity contribution in [3.05, 3.63) is 0 Å². The summed E-state index contributed by atoms with van der Waals surface area (Å²) >= 11 is 0. The van der Waals surface area contributed by atoms with Gasteiger partial charge < -0.3 is 20.9 Å². The molecule has 5 amide bonds. The number of hydrogen-bond donors (Lipinski definition) is 4. The number of amides is 5. The van der Waals surface area contributed by atoms with E-state index in [2.05, 4.69) is 39.4 Å². The molecular formula is C46H74N6O7S. The minimum atomic E-state index is -3.83. The zero-order valence-electron chi connectivity index (χ0n) is 37.1. The molecule has 0 radical (unpaired) electrons. The standard InChI is InChI=1S/C46H74N6O7S/c1-43(2,3)37(49-38(53)31-17-11-24-51(27-31)32-18-10-19-32)41(56)48-36(30-15-7-6-8-16-30)42(57)52-28-46(44(4,5)45(46)22-12-23-45)26-35(52)40(55)47-34(25-29-13-9-14-29)39(54)50-60(58,59)33-20-21-33/h29-37H,6-28H2,1-5H3,(H,47,55)(H,48,56)(H,49,53)(H,50,54)/t31-,34-,35+,36+,37-,46-/m1/s1. The van der Waals surface area contributed by atoms with Gasteiger partial charge in [-0.3, -0.25) is 33.6 Å². The molecule has 2 saturated heterocycles. The molecule has 13 nitrogen and oxygen atoms in total. The zero-order valence-corrected chi connectivity index (χ0v) is 37.9. The summed E-state index contributed by atoms with van der Waals surface area (Å²) < 4.78 is 28.1. The predicted octanol–water partition coefficient (Wildman–Crippen LogP) is 4.93. The van der Waals surface area contributed by atoms with Crippen LogP contribution in [0.4, 0.5) is 0 Å². The molecule has 14 heteroatoms. The Labute approximate surface area is 358 Å². The average Bonchev–Trinajstić information content (AvgIpc) is 4.01. The maximum Gasteiger partial charge on any atom is 0.256 e. The van der Waals surface area contributed by atoms with Crippen LogP contribution in [0.3, 0.4) is 0 Å². The molecule has 2 aliphatic heterocycles. The van der Waals surface area contributed by atoms with E-state index in [0.29, 0.717) is 44.8 Å². The average molecular weight is 855 g/mol. The van der Waals surface area contributed by atoms with Crippen LogP contribution < -0.4 is 20.7 Å². The Balaban J connectivity index is 1.04. The highest BCUT2D eigenvalue weighted by Gasteiger charge is 2.85. The van der Waals surface area contributed by atoms with E-state index in [0.717, 1.165) is 90.0 Å². The highest BCUT2D eigenvalue weighted by atomic mass is 32.2. The number of hydrogen-bond acceptors (Lipinski definition) is 8. The zero-order chi connectivity index (χ0) is 42.8. The Hall–Kier alpha value is -2.74. The Kier molecular flexibility index (Phi) is 12.0. The van der Waals surface area contributed by atoms with E-state index >= 15 is 4.79 Å². The van der Waals surface area contributed by atoms with Gasteiger partial charge in [-0.2, -0.15) is 0 Å². The minimum Gasteiger partial charge on any atom is -0.344 e. The summed E-state index contributed by atoms with van der Waals surface area (Å²) in [5.41, 5.74) is -1.01. The topological polar surface area (TPSA) is 174 Å². The molecular weight excluding hydrogens is 781 g/mol. The Morgan fingerprint density at radius 1 is 0.733 bits per heavy atom. The van der Waals surface area contributed by atoms with Gasteiger partial charge in [0.1, 0.15) is 24.2 Å². The molecule has 6 atom stereocenters. The number of nitrogens with one attached hydrogen (secondary N) is 4. The Morgan fingerprint density at radius 3 is 1.97 bits per heavy atom. The Bertz CT molecular complexity index is 1790. The van der Waals surface area contributed by atoms with Gasteiger partial charge in [0, 0.05) is 24.5 Å². The van der Waals surface area contributed by atoms with Gasteiger partial charge in [0.2, 0.25) is 33.7 Å². The maximum atomic E-state index is 15.4. The summed E-state index contributed by atoms with van der Waals surface area (Å²) in [6.07, 6.45) is 17.7. The largest absolute Gasteiger partial charge is 0.344 e. The molecule has 6 aliphatic carbocycles. The van der Waals surface area contributed by atoms with E-state index in [4.69, 9.17) is 0 Å². The molecule has 2 spiro atoms. The van der Waals surface area contributed by atoms with Crippen LogP contribution in [0.2, 0.25) is 0 Å². The van der Waals surface area contributed by atoms with Gasteiger partial charge in [-0.15, -0.1) is 0 Å². The number of sulfonamides is 1. The van der Waals surface area contributed by atoms with Crippen molar-refractivity contribution in [2.45, 2.75) is 198 Å². The first kappa shape index (κ1) is 43.9. The van der Waals surface area contributed by atoms with Crippen molar-refractivity contribution in [1.82, 2.24) is 30.5 Å². The number of carbonyl (C=O) groups excluding carboxylic acids is 5. The van der Waals surface area contributed by atoms with Gasteiger partial charge >= 0.3 is 0 Å². The number of rotatable bonds is 14. The van der Waals surface area contributed by atoms with Gasteiger partial charge in [0.25, 0.3) is 5.91 Å². The monoisotopic (exact) mass is 855 g/mol. The third-order valence-corrected chi connectivity index (χ3v) is 19.4. The number of likely N-dealkylation sites (tertiary alicyclic amines) is 2. The van der Waals surface area contributed by atoms with Gasteiger partial charge in [-0.05, 0) is 112 Å². The van der Waals surface area contributed by atoms with Crippen molar-refractivity contribution in [2.75, 3.05) is 19.6 Å². The van der Waals surface area contributed by atoms with Crippen molar-refractivity contribution >= 4 is 39.6 Å². The molecule has 8 aliphatic rings. The van der Waals surface area contributed by atoms with E-state index in [-0.39, 0.29) is 51.7 Å². The number of fused-ring (bicyclic) bond motifs is 1. The van der Waals surface area contributed by atoms with Crippen LogP contribution in [-0.4, -0.2) is 103 Å². The summed E-state index contributed by atoms with van der Waals surface area (Å²) in [6.45, 7) is 12.5. The first-order valence-electron chi connectivity index (χ1n) is 23.9. The van der Waals surface area contributed by atoms with Crippen molar-refractivity contribution in [1.29, 1.82) is 0 Å². The second kappa shape index (κ2) is 16.4. The number of carbonyl (C=O) groups is 5. The summed E-state index contributed by atoms with van der Waals surface area (Å²) in [7, 11) is -3.83. The number of nitrogens with zero attached hydrogens (tertiary/aromatic N) is 2. The third-order valence-electron chi connectivity index (χ3n) is 17.5. The lowest BCUT2D eigenvalue weighted by molar-refractivity contribution is -0.144. The number of piperidine rings is 1. The summed E-state index contributed by atoms with van der Waals surface area (Å²) in [6, 6.07) is -3.12. The molecule has 8 rings (SSSR count). The first-order chi connectivity index (χ1) is 28.4. The maximum absolute atomic E-state index is 15.4. The van der Waals surface area contributed by atoms with Gasteiger partial charge in [0.15, 0.2) is 0 Å². The minimum absolute atomic E-state index is 0.0210. The van der Waals surface area contributed by atoms with E-state index < -0.39 is 56.7 Å².